The van der Waals surface area contributed by atoms with E-state index >= 15 is 0 Å². The maximum atomic E-state index is 12.8. The lowest BCUT2D eigenvalue weighted by atomic mass is 9.84. The summed E-state index contributed by atoms with van der Waals surface area (Å²) in [6, 6.07) is -0.335. The molecule has 0 saturated heterocycles. The number of esters is 1. The predicted octanol–water partition coefficient (Wildman–Crippen LogP) is 3.10. The van der Waals surface area contributed by atoms with Gasteiger partial charge in [-0.15, -0.1) is 0 Å². The fourth-order valence-electron chi connectivity index (χ4n) is 2.84. The van der Waals surface area contributed by atoms with Crippen molar-refractivity contribution in [3.63, 3.8) is 0 Å². The van der Waals surface area contributed by atoms with Crippen LogP contribution in [0.2, 0.25) is 0 Å². The third-order valence-corrected chi connectivity index (χ3v) is 4.05. The van der Waals surface area contributed by atoms with Crippen LogP contribution in [0.15, 0.2) is 6.20 Å². The van der Waals surface area contributed by atoms with Crippen LogP contribution in [0, 0.1) is 16.0 Å². The zero-order valence-corrected chi connectivity index (χ0v) is 12.4. The Bertz CT molecular complexity index is 592. The van der Waals surface area contributed by atoms with E-state index in [0.29, 0.717) is 25.7 Å². The van der Waals surface area contributed by atoms with E-state index in [0.717, 1.165) is 10.9 Å². The van der Waals surface area contributed by atoms with Crippen LogP contribution in [-0.2, 0) is 15.7 Å². The molecular weight excluding hydrogens is 319 g/mol. The molecule has 1 saturated carbocycles. The van der Waals surface area contributed by atoms with Gasteiger partial charge in [0, 0.05) is 6.42 Å². The van der Waals surface area contributed by atoms with Crippen molar-refractivity contribution in [2.45, 2.75) is 44.3 Å². The van der Waals surface area contributed by atoms with Gasteiger partial charge in [-0.1, -0.05) is 0 Å². The van der Waals surface area contributed by atoms with Crippen molar-refractivity contribution in [2.75, 3.05) is 7.11 Å². The Labute approximate surface area is 129 Å². The molecule has 0 amide bonds. The van der Waals surface area contributed by atoms with Crippen LogP contribution in [0.5, 0.6) is 0 Å². The first-order chi connectivity index (χ1) is 10.7. The minimum absolute atomic E-state index is 0.117. The van der Waals surface area contributed by atoms with E-state index in [1.165, 1.54) is 7.11 Å². The van der Waals surface area contributed by atoms with E-state index in [-0.39, 0.29) is 24.3 Å². The molecule has 1 aliphatic rings. The molecule has 0 unspecified atom stereocenters. The number of ether oxygens (including phenoxy) is 1. The predicted molar refractivity (Wildman–Crippen MR) is 71.5 cm³/mol. The minimum atomic E-state index is -4.87. The van der Waals surface area contributed by atoms with Crippen LogP contribution >= 0.6 is 0 Å². The van der Waals surface area contributed by atoms with Gasteiger partial charge in [0.2, 0.25) is 5.69 Å². The van der Waals surface area contributed by atoms with Crippen LogP contribution in [-0.4, -0.2) is 27.8 Å². The summed E-state index contributed by atoms with van der Waals surface area (Å²) < 4.78 is 44.0. The lowest BCUT2D eigenvalue weighted by Crippen LogP contribution is -2.21. The molecule has 0 N–H and O–H groups in total. The molecule has 0 spiro atoms. The zero-order valence-electron chi connectivity index (χ0n) is 12.4. The van der Waals surface area contributed by atoms with Gasteiger partial charge in [-0.25, -0.2) is 0 Å². The average molecular weight is 335 g/mol. The minimum Gasteiger partial charge on any atom is -0.469 e. The van der Waals surface area contributed by atoms with Crippen molar-refractivity contribution in [3.05, 3.63) is 22.0 Å². The lowest BCUT2D eigenvalue weighted by Gasteiger charge is -2.27. The van der Waals surface area contributed by atoms with Gasteiger partial charge in [0.15, 0.2) is 0 Å². The monoisotopic (exact) mass is 335 g/mol. The highest BCUT2D eigenvalue weighted by Crippen LogP contribution is 2.38. The second kappa shape index (κ2) is 6.55. The number of carbonyl (C=O) groups is 1. The molecule has 23 heavy (non-hydrogen) atoms. The Kier molecular flexibility index (Phi) is 4.90. The summed E-state index contributed by atoms with van der Waals surface area (Å²) >= 11 is 0. The molecule has 1 aromatic heterocycles. The van der Waals surface area contributed by atoms with E-state index in [4.69, 9.17) is 0 Å². The van der Waals surface area contributed by atoms with Gasteiger partial charge < -0.3 is 4.74 Å². The van der Waals surface area contributed by atoms with E-state index in [9.17, 15) is 28.1 Å². The van der Waals surface area contributed by atoms with E-state index in [1.54, 1.807) is 0 Å². The van der Waals surface area contributed by atoms with Gasteiger partial charge >= 0.3 is 17.8 Å². The number of alkyl halides is 3. The number of hydrogen-bond acceptors (Lipinski definition) is 5. The summed E-state index contributed by atoms with van der Waals surface area (Å²) in [6.07, 6.45) is -1.46. The summed E-state index contributed by atoms with van der Waals surface area (Å²) in [6.45, 7) is 0. The van der Waals surface area contributed by atoms with Crippen molar-refractivity contribution in [1.82, 2.24) is 9.78 Å². The van der Waals surface area contributed by atoms with Crippen molar-refractivity contribution in [2.24, 2.45) is 5.92 Å². The van der Waals surface area contributed by atoms with Crippen LogP contribution in [0.3, 0.4) is 0 Å². The molecule has 1 aromatic rings. The fraction of sp³-hybridized carbons (Fsp3) is 0.692. The van der Waals surface area contributed by atoms with E-state index in [1.807, 2.05) is 0 Å². The molecule has 1 aliphatic carbocycles. The van der Waals surface area contributed by atoms with Crippen LogP contribution in [0.4, 0.5) is 18.9 Å². The van der Waals surface area contributed by atoms with Gasteiger partial charge in [-0.2, -0.15) is 18.3 Å². The highest BCUT2D eigenvalue weighted by atomic mass is 19.4. The van der Waals surface area contributed by atoms with Crippen LogP contribution < -0.4 is 0 Å². The molecule has 1 heterocycles. The van der Waals surface area contributed by atoms with Gasteiger partial charge in [0.1, 0.15) is 6.20 Å². The summed E-state index contributed by atoms with van der Waals surface area (Å²) in [5.74, 6) is -0.200. The molecule has 0 aliphatic heterocycles. The van der Waals surface area contributed by atoms with Gasteiger partial charge in [-0.3, -0.25) is 19.6 Å². The number of rotatable bonds is 4. The van der Waals surface area contributed by atoms with Crippen molar-refractivity contribution in [3.8, 4) is 0 Å². The molecular formula is C13H16F3N3O4. The third-order valence-electron chi connectivity index (χ3n) is 4.05. The summed E-state index contributed by atoms with van der Waals surface area (Å²) in [4.78, 5) is 20.9. The van der Waals surface area contributed by atoms with Crippen molar-refractivity contribution >= 4 is 11.7 Å². The first-order valence-electron chi connectivity index (χ1n) is 7.10. The molecule has 1 fully saturated rings. The van der Waals surface area contributed by atoms with Gasteiger partial charge in [0.05, 0.1) is 18.1 Å². The number of carbonyl (C=O) groups excluding carboxylic acids is 1. The molecule has 0 radical (unpaired) electrons. The smallest absolute Gasteiger partial charge is 0.442 e. The first-order valence-corrected chi connectivity index (χ1v) is 7.10. The maximum absolute atomic E-state index is 12.8. The summed E-state index contributed by atoms with van der Waals surface area (Å²) in [5.41, 5.74) is -2.51. The second-order valence-corrected chi connectivity index (χ2v) is 5.55. The van der Waals surface area contributed by atoms with Gasteiger partial charge in [-0.05, 0) is 31.6 Å². The topological polar surface area (TPSA) is 87.3 Å². The molecule has 7 nitrogen and oxygen atoms in total. The Balaban J connectivity index is 2.09. The fourth-order valence-corrected chi connectivity index (χ4v) is 2.84. The second-order valence-electron chi connectivity index (χ2n) is 5.55. The van der Waals surface area contributed by atoms with E-state index in [2.05, 4.69) is 9.84 Å². The Morgan fingerprint density at radius 2 is 2.04 bits per heavy atom. The highest BCUT2D eigenvalue weighted by Gasteiger charge is 2.43. The maximum Gasteiger partial charge on any atom is 0.442 e. The molecule has 10 heteroatoms. The number of nitro groups is 1. The zero-order chi connectivity index (χ0) is 17.2. The lowest BCUT2D eigenvalue weighted by molar-refractivity contribution is -0.388. The standard InChI is InChI=1S/C13H16F3N3O4/c1-23-11(20)6-8-2-4-9(5-3-8)18-7-10(19(21)22)12(17-18)13(14,15)16/h7-9H,2-6H2,1H3. The van der Waals surface area contributed by atoms with Crippen LogP contribution in [0.25, 0.3) is 0 Å². The number of halogens is 3. The number of aromatic nitrogens is 2. The average Bonchev–Trinajstić information content (AvgIpc) is 2.93. The SMILES string of the molecule is COC(=O)CC1CCC(n2cc([N+](=O)[O-])c(C(F)(F)F)n2)CC1. The number of hydrogen-bond donors (Lipinski definition) is 0. The van der Waals surface area contributed by atoms with Crippen molar-refractivity contribution < 1.29 is 27.6 Å². The Morgan fingerprint density at radius 1 is 1.43 bits per heavy atom. The third kappa shape index (κ3) is 3.99. The number of methoxy groups -OCH3 is 1. The molecule has 0 bridgehead atoms. The molecule has 0 aromatic carbocycles. The molecule has 128 valence electrons. The van der Waals surface area contributed by atoms with Gasteiger partial charge in [0.25, 0.3) is 0 Å². The quantitative estimate of drug-likeness (QED) is 0.479. The Morgan fingerprint density at radius 3 is 2.48 bits per heavy atom. The largest absolute Gasteiger partial charge is 0.469 e. The van der Waals surface area contributed by atoms with Crippen molar-refractivity contribution in [1.29, 1.82) is 0 Å². The Hall–Kier alpha value is -2.13. The normalized spacial score (nSPS) is 21.9. The summed E-state index contributed by atoms with van der Waals surface area (Å²) in [5, 5.41) is 14.2. The highest BCUT2D eigenvalue weighted by molar-refractivity contribution is 5.69. The summed E-state index contributed by atoms with van der Waals surface area (Å²) in [7, 11) is 1.30. The first kappa shape index (κ1) is 17.2. The number of nitrogens with zero attached hydrogens (tertiary/aromatic N) is 3. The molecule has 2 rings (SSSR count). The van der Waals surface area contributed by atoms with E-state index < -0.39 is 22.5 Å². The molecule has 0 atom stereocenters. The van der Waals surface area contributed by atoms with Crippen LogP contribution in [0.1, 0.15) is 43.8 Å².